The molecular formula is C18H12BClF4N2OS. The molecule has 4 rings (SSSR count). The number of aromatic nitrogens is 1. The first-order valence-electron chi connectivity index (χ1n) is 7.96. The minimum Gasteiger partial charge on any atom is -0.456 e. The van der Waals surface area contributed by atoms with Crippen molar-refractivity contribution >= 4 is 46.3 Å². The number of aromatic amines is 1. The van der Waals surface area contributed by atoms with Crippen LogP contribution in [0.3, 0.4) is 0 Å². The van der Waals surface area contributed by atoms with Gasteiger partial charge in [0.1, 0.15) is 11.3 Å². The number of rotatable bonds is 2. The number of benzene rings is 2. The van der Waals surface area contributed by atoms with Crippen molar-refractivity contribution < 1.29 is 26.7 Å². The van der Waals surface area contributed by atoms with Gasteiger partial charge < -0.3 is 21.7 Å². The second kappa shape index (κ2) is 8.58. The van der Waals surface area contributed by atoms with Gasteiger partial charge in [-0.3, -0.25) is 0 Å². The lowest BCUT2D eigenvalue weighted by Gasteiger charge is -2.03. The molecular weight excluding hydrogens is 415 g/mol. The lowest BCUT2D eigenvalue weighted by atomic mass is 10.1. The molecule has 0 aliphatic carbocycles. The third-order valence-corrected chi connectivity index (χ3v) is 4.41. The van der Waals surface area contributed by atoms with Gasteiger partial charge in [0.15, 0.2) is 5.36 Å². The Morgan fingerprint density at radius 3 is 2.32 bits per heavy atom. The minimum atomic E-state index is -6.00. The molecule has 0 aliphatic rings. The second-order valence-electron chi connectivity index (χ2n) is 5.48. The van der Waals surface area contributed by atoms with E-state index >= 15 is 0 Å². The number of nitrogens with zero attached hydrogens (tertiary/aromatic N) is 1. The number of fused-ring (bicyclic) bond motifs is 1. The van der Waals surface area contributed by atoms with Gasteiger partial charge in [-0.2, -0.15) is 0 Å². The Morgan fingerprint density at radius 2 is 1.68 bits per heavy atom. The van der Waals surface area contributed by atoms with Crippen LogP contribution in [0.4, 0.5) is 22.4 Å². The molecule has 0 unspecified atom stereocenters. The van der Waals surface area contributed by atoms with Gasteiger partial charge in [0.05, 0.1) is 11.6 Å². The molecule has 0 aliphatic heterocycles. The molecule has 28 heavy (non-hydrogen) atoms. The summed E-state index contributed by atoms with van der Waals surface area (Å²) in [5.41, 5.74) is 1.77. The van der Waals surface area contributed by atoms with Crippen molar-refractivity contribution in [1.29, 1.82) is 0 Å². The highest BCUT2D eigenvalue weighted by molar-refractivity contribution is 7.12. The van der Waals surface area contributed by atoms with Crippen LogP contribution < -0.4 is 10.3 Å². The molecule has 10 heteroatoms. The summed E-state index contributed by atoms with van der Waals surface area (Å²) in [5, 5.41) is 5.37. The molecule has 4 aromatic rings. The van der Waals surface area contributed by atoms with Gasteiger partial charge >= 0.3 is 12.4 Å². The standard InChI is InChI=1S/C18H11ClN2OS.BF4/c19-13-7-5-12(6-8-13)17-11-15(21-18-20-9-10-23-18)14-3-1-2-4-16(14)22-17;2-1(3,4)5/h1-11H;/q;-1/p+1. The number of H-pyrrole nitrogens is 1. The van der Waals surface area contributed by atoms with Crippen LogP contribution in [0.25, 0.3) is 22.3 Å². The van der Waals surface area contributed by atoms with E-state index in [-0.39, 0.29) is 0 Å². The average molecular weight is 427 g/mol. The lowest BCUT2D eigenvalue weighted by molar-refractivity contribution is -0.356. The molecule has 0 radical (unpaired) electrons. The Morgan fingerprint density at radius 1 is 1.00 bits per heavy atom. The normalized spacial score (nSPS) is 12.0. The van der Waals surface area contributed by atoms with Gasteiger partial charge in [-0.1, -0.05) is 35.1 Å². The van der Waals surface area contributed by atoms with Gasteiger partial charge in [-0.15, -0.1) is 0 Å². The molecule has 0 atom stereocenters. The molecule has 0 saturated carbocycles. The number of halogens is 5. The summed E-state index contributed by atoms with van der Waals surface area (Å²) in [7, 11) is -6.00. The lowest BCUT2D eigenvalue weighted by Crippen LogP contribution is -2.05. The summed E-state index contributed by atoms with van der Waals surface area (Å²) in [6.45, 7) is 0. The van der Waals surface area contributed by atoms with Crippen LogP contribution in [0.5, 0.6) is 0 Å². The van der Waals surface area contributed by atoms with Crippen molar-refractivity contribution in [3.05, 3.63) is 76.6 Å². The van der Waals surface area contributed by atoms with E-state index in [9.17, 15) is 17.3 Å². The Hall–Kier alpha value is -2.65. The first-order valence-corrected chi connectivity index (χ1v) is 9.21. The number of hydrogen-bond acceptors (Lipinski definition) is 3. The average Bonchev–Trinajstić information content (AvgIpc) is 3.14. The van der Waals surface area contributed by atoms with Gasteiger partial charge in [0.25, 0.3) is 0 Å². The van der Waals surface area contributed by atoms with Crippen molar-refractivity contribution in [1.82, 2.24) is 0 Å². The first kappa shape index (κ1) is 20.1. The zero-order chi connectivity index (χ0) is 20.1. The molecule has 0 bridgehead atoms. The van der Waals surface area contributed by atoms with Crippen molar-refractivity contribution in [2.24, 2.45) is 4.99 Å². The fourth-order valence-corrected chi connectivity index (χ4v) is 3.05. The second-order valence-corrected chi connectivity index (χ2v) is 6.81. The highest BCUT2D eigenvalue weighted by atomic mass is 35.5. The topological polar surface area (TPSA) is 39.6 Å². The van der Waals surface area contributed by atoms with Crippen LogP contribution in [0, 0.1) is 0 Å². The maximum atomic E-state index is 9.75. The Labute approximate surface area is 166 Å². The summed E-state index contributed by atoms with van der Waals surface area (Å²) in [6, 6.07) is 17.4. The predicted octanol–water partition coefficient (Wildman–Crippen LogP) is 6.16. The van der Waals surface area contributed by atoms with Crippen LogP contribution in [0.1, 0.15) is 0 Å². The molecule has 2 aromatic heterocycles. The molecule has 0 saturated heterocycles. The van der Waals surface area contributed by atoms with E-state index in [1.54, 1.807) is 11.3 Å². The van der Waals surface area contributed by atoms with Gasteiger partial charge in [-0.05, 0) is 41.4 Å². The molecule has 0 spiro atoms. The van der Waals surface area contributed by atoms with Gasteiger partial charge in [0, 0.05) is 22.0 Å². The summed E-state index contributed by atoms with van der Waals surface area (Å²) in [5.74, 6) is 0.760. The van der Waals surface area contributed by atoms with Crippen LogP contribution in [0.15, 0.2) is 75.6 Å². The van der Waals surface area contributed by atoms with E-state index in [1.165, 1.54) is 0 Å². The third-order valence-electron chi connectivity index (χ3n) is 3.46. The highest BCUT2D eigenvalue weighted by Crippen LogP contribution is 2.24. The van der Waals surface area contributed by atoms with Crippen molar-refractivity contribution in [3.8, 4) is 11.3 Å². The molecule has 2 heterocycles. The molecule has 0 fully saturated rings. The predicted molar refractivity (Wildman–Crippen MR) is 103 cm³/mol. The Balaban J connectivity index is 0.000000403. The minimum absolute atomic E-state index is 0.702. The zero-order valence-corrected chi connectivity index (χ0v) is 15.7. The van der Waals surface area contributed by atoms with Crippen LogP contribution >= 0.6 is 22.9 Å². The van der Waals surface area contributed by atoms with Crippen molar-refractivity contribution in [2.75, 3.05) is 0 Å². The molecule has 1 N–H and O–H groups in total. The van der Waals surface area contributed by atoms with E-state index in [4.69, 9.17) is 21.0 Å². The molecule has 0 amide bonds. The summed E-state index contributed by atoms with van der Waals surface area (Å²) in [4.78, 5) is 7.83. The quantitative estimate of drug-likeness (QED) is 0.279. The molecule has 144 valence electrons. The smallest absolute Gasteiger partial charge is 0.456 e. The highest BCUT2D eigenvalue weighted by Gasteiger charge is 2.20. The largest absolute Gasteiger partial charge is 0.673 e. The van der Waals surface area contributed by atoms with E-state index in [0.717, 1.165) is 32.8 Å². The maximum Gasteiger partial charge on any atom is 0.673 e. The summed E-state index contributed by atoms with van der Waals surface area (Å²) < 4.78 is 45.0. The van der Waals surface area contributed by atoms with Crippen LogP contribution in [0.2, 0.25) is 5.02 Å². The zero-order valence-electron chi connectivity index (χ0n) is 14.1. The molecule has 3 nitrogen and oxygen atoms in total. The fourth-order valence-electron chi connectivity index (χ4n) is 2.37. The SMILES string of the molecule is Clc1ccc(-c2cc(=Nc3[nH+]ccs3)c3ccccc3o2)cc1.F[B-](F)(F)F. The van der Waals surface area contributed by atoms with E-state index < -0.39 is 7.25 Å². The summed E-state index contributed by atoms with van der Waals surface area (Å²) >= 11 is 7.53. The molecule has 2 aromatic carbocycles. The number of nitrogens with one attached hydrogen (secondary N) is 1. The Kier molecular flexibility index (Phi) is 6.16. The first-order chi connectivity index (χ1) is 13.3. The fraction of sp³-hybridized carbons (Fsp3) is 0. The third kappa shape index (κ3) is 5.67. The van der Waals surface area contributed by atoms with Crippen molar-refractivity contribution in [3.63, 3.8) is 0 Å². The Bertz CT molecular complexity index is 1120. The number of hydrogen-bond donors (Lipinski definition) is 0. The van der Waals surface area contributed by atoms with E-state index in [0.29, 0.717) is 5.02 Å². The van der Waals surface area contributed by atoms with Crippen LogP contribution in [-0.2, 0) is 0 Å². The van der Waals surface area contributed by atoms with Gasteiger partial charge in [-0.25, -0.2) is 4.98 Å². The maximum absolute atomic E-state index is 9.75. The van der Waals surface area contributed by atoms with Crippen molar-refractivity contribution in [2.45, 2.75) is 0 Å². The number of thiazole rings is 1. The van der Waals surface area contributed by atoms with Gasteiger partial charge in [0.2, 0.25) is 0 Å². The van der Waals surface area contributed by atoms with Crippen LogP contribution in [-0.4, -0.2) is 7.25 Å². The summed E-state index contributed by atoms with van der Waals surface area (Å²) in [6.07, 6.45) is 1.87. The number of para-hydroxylation sites is 1. The van der Waals surface area contributed by atoms with E-state index in [2.05, 4.69) is 4.98 Å². The van der Waals surface area contributed by atoms with E-state index in [1.807, 2.05) is 66.2 Å². The monoisotopic (exact) mass is 426 g/mol.